The van der Waals surface area contributed by atoms with Crippen molar-refractivity contribution < 1.29 is 0 Å². The summed E-state index contributed by atoms with van der Waals surface area (Å²) in [5.74, 6) is 0. The van der Waals surface area contributed by atoms with Crippen LogP contribution < -0.4 is 11.2 Å². The van der Waals surface area contributed by atoms with Crippen LogP contribution in [0.1, 0.15) is 0 Å². The van der Waals surface area contributed by atoms with Crippen LogP contribution >= 0.6 is 0 Å². The molecule has 1 N–H and O–H groups in total. The average molecular weight is 205 g/mol. The van der Waals surface area contributed by atoms with E-state index in [-0.39, 0.29) is 11.2 Å². The SMILES string of the molecule is O=c1ccn(C[SeH])c(=O)[nH]1. The summed E-state index contributed by atoms with van der Waals surface area (Å²) < 4.78 is 1.39. The summed E-state index contributed by atoms with van der Waals surface area (Å²) in [5.41, 5.74) is -0.210. The first-order valence-corrected chi connectivity index (χ1v) is 3.97. The first-order chi connectivity index (χ1) is 4.74. The van der Waals surface area contributed by atoms with E-state index in [4.69, 9.17) is 0 Å². The van der Waals surface area contributed by atoms with Crippen LogP contribution in [0.25, 0.3) is 0 Å². The van der Waals surface area contributed by atoms with Crippen LogP contribution in [0, 0.1) is 0 Å². The average Bonchev–Trinajstić information content (AvgIpc) is 1.88. The zero-order valence-corrected chi connectivity index (χ0v) is 6.95. The Morgan fingerprint density at radius 3 is 2.80 bits per heavy atom. The Morgan fingerprint density at radius 2 is 2.30 bits per heavy atom. The predicted molar refractivity (Wildman–Crippen MR) is 38.5 cm³/mol. The van der Waals surface area contributed by atoms with Gasteiger partial charge in [0.05, 0.1) is 0 Å². The van der Waals surface area contributed by atoms with Crippen molar-refractivity contribution in [1.82, 2.24) is 9.55 Å². The molecule has 1 aromatic heterocycles. The fourth-order valence-electron chi connectivity index (χ4n) is 0.556. The Bertz CT molecular complexity index is 327. The molecule has 5 heteroatoms. The number of rotatable bonds is 1. The second-order valence-corrected chi connectivity index (χ2v) is 2.31. The van der Waals surface area contributed by atoms with E-state index in [1.165, 1.54) is 16.8 Å². The minimum atomic E-state index is -0.367. The molecule has 0 bridgehead atoms. The van der Waals surface area contributed by atoms with E-state index in [2.05, 4.69) is 21.0 Å². The molecule has 0 fully saturated rings. The van der Waals surface area contributed by atoms with Gasteiger partial charge >= 0.3 is 64.1 Å². The third-order valence-corrected chi connectivity index (χ3v) is 1.69. The number of hydrogen-bond donors (Lipinski definition) is 1. The Labute approximate surface area is 64.7 Å². The van der Waals surface area contributed by atoms with Crippen LogP contribution in [0.3, 0.4) is 0 Å². The first kappa shape index (κ1) is 7.31. The maximum atomic E-state index is 10.8. The molecule has 1 rings (SSSR count). The van der Waals surface area contributed by atoms with Crippen LogP contribution in [0.4, 0.5) is 0 Å². The van der Waals surface area contributed by atoms with Gasteiger partial charge in [0.25, 0.3) is 0 Å². The maximum absolute atomic E-state index is 10.8. The topological polar surface area (TPSA) is 54.9 Å². The molecule has 4 nitrogen and oxygen atoms in total. The van der Waals surface area contributed by atoms with Crippen molar-refractivity contribution in [2.24, 2.45) is 0 Å². The van der Waals surface area contributed by atoms with Gasteiger partial charge in [-0.15, -0.1) is 0 Å². The van der Waals surface area contributed by atoms with E-state index in [0.717, 1.165) is 0 Å². The van der Waals surface area contributed by atoms with Gasteiger partial charge in [0, 0.05) is 0 Å². The van der Waals surface area contributed by atoms with Gasteiger partial charge < -0.3 is 0 Å². The van der Waals surface area contributed by atoms with Crippen molar-refractivity contribution >= 4 is 16.0 Å². The van der Waals surface area contributed by atoms with Crippen molar-refractivity contribution in [2.75, 3.05) is 0 Å². The Hall–Kier alpha value is -0.801. The van der Waals surface area contributed by atoms with E-state index < -0.39 is 0 Å². The van der Waals surface area contributed by atoms with Gasteiger partial charge in [-0.25, -0.2) is 0 Å². The molecule has 0 amide bonds. The molecule has 1 heterocycles. The molecule has 0 aromatic carbocycles. The van der Waals surface area contributed by atoms with E-state index >= 15 is 0 Å². The molecule has 0 spiro atoms. The van der Waals surface area contributed by atoms with Crippen LogP contribution in [0.5, 0.6) is 0 Å². The number of hydrogen-bond acceptors (Lipinski definition) is 2. The fraction of sp³-hybridized carbons (Fsp3) is 0.200. The second kappa shape index (κ2) is 2.86. The molecule has 1 aromatic rings. The summed E-state index contributed by atoms with van der Waals surface area (Å²) in [6, 6.07) is 1.31. The predicted octanol–water partition coefficient (Wildman–Crippen LogP) is -1.61. The Balaban J connectivity index is 3.34. The molecule has 10 heavy (non-hydrogen) atoms. The Morgan fingerprint density at radius 1 is 1.60 bits per heavy atom. The van der Waals surface area contributed by atoms with Gasteiger partial charge in [-0.1, -0.05) is 0 Å². The summed E-state index contributed by atoms with van der Waals surface area (Å²) in [6.45, 7) is 0. The van der Waals surface area contributed by atoms with E-state index in [1.54, 1.807) is 0 Å². The summed E-state index contributed by atoms with van der Waals surface area (Å²) in [4.78, 5) is 23.4. The zero-order valence-electron chi connectivity index (χ0n) is 5.07. The number of nitrogens with one attached hydrogen (secondary N) is 1. The summed E-state index contributed by atoms with van der Waals surface area (Å²) in [7, 11) is 0. The van der Waals surface area contributed by atoms with Crippen molar-refractivity contribution in [2.45, 2.75) is 5.44 Å². The summed E-state index contributed by atoms with van der Waals surface area (Å²) in [5, 5.41) is 0. The first-order valence-electron chi connectivity index (χ1n) is 2.64. The third-order valence-electron chi connectivity index (χ3n) is 1.05. The molecule has 54 valence electrons. The molecule has 0 atom stereocenters. The van der Waals surface area contributed by atoms with Crippen LogP contribution in [0.2, 0.25) is 0 Å². The van der Waals surface area contributed by atoms with E-state index in [0.29, 0.717) is 5.44 Å². The zero-order chi connectivity index (χ0) is 7.56. The molecule has 0 radical (unpaired) electrons. The molecule has 0 saturated heterocycles. The van der Waals surface area contributed by atoms with Gasteiger partial charge in [-0.2, -0.15) is 0 Å². The van der Waals surface area contributed by atoms with Crippen LogP contribution in [-0.2, 0) is 5.44 Å². The standard InChI is InChI=1S/C5H6N2O2Se/c8-4-1-2-7(3-10)5(9)6-4/h1-2,10H,3H2,(H,6,8,9). The van der Waals surface area contributed by atoms with Gasteiger partial charge in [-0.05, 0) is 0 Å². The summed E-state index contributed by atoms with van der Waals surface area (Å²) in [6.07, 6.45) is 1.46. The van der Waals surface area contributed by atoms with Gasteiger partial charge in [0.1, 0.15) is 0 Å². The molecular weight excluding hydrogens is 199 g/mol. The minimum absolute atomic E-state index is 0.359. The number of aromatic amines is 1. The monoisotopic (exact) mass is 206 g/mol. The number of aromatic nitrogens is 2. The molecule has 0 saturated carbocycles. The van der Waals surface area contributed by atoms with Crippen molar-refractivity contribution in [3.8, 4) is 0 Å². The van der Waals surface area contributed by atoms with Crippen LogP contribution in [-0.4, -0.2) is 25.6 Å². The van der Waals surface area contributed by atoms with Crippen LogP contribution in [0.15, 0.2) is 21.9 Å². The van der Waals surface area contributed by atoms with Crippen molar-refractivity contribution in [3.63, 3.8) is 0 Å². The molecule has 0 aliphatic rings. The Kier molecular flexibility index (Phi) is 2.09. The van der Waals surface area contributed by atoms with Gasteiger partial charge in [0.15, 0.2) is 0 Å². The number of H-pyrrole nitrogens is 1. The fourth-order valence-corrected chi connectivity index (χ4v) is 1.02. The van der Waals surface area contributed by atoms with E-state index in [1.807, 2.05) is 0 Å². The third kappa shape index (κ3) is 1.37. The van der Waals surface area contributed by atoms with Gasteiger partial charge in [0.2, 0.25) is 0 Å². The quantitative estimate of drug-likeness (QED) is 0.561. The second-order valence-electron chi connectivity index (χ2n) is 1.72. The van der Waals surface area contributed by atoms with E-state index in [9.17, 15) is 9.59 Å². The molecule has 0 aliphatic carbocycles. The molecular formula is C5H6N2O2Se. The van der Waals surface area contributed by atoms with Crippen molar-refractivity contribution in [1.29, 1.82) is 0 Å². The normalized spacial score (nSPS) is 9.70. The van der Waals surface area contributed by atoms with Gasteiger partial charge in [-0.3, -0.25) is 0 Å². The summed E-state index contributed by atoms with van der Waals surface area (Å²) >= 11 is 2.25. The molecule has 0 unspecified atom stereocenters. The van der Waals surface area contributed by atoms with Crippen molar-refractivity contribution in [3.05, 3.63) is 33.1 Å². The molecule has 0 aliphatic heterocycles. The number of nitrogens with zero attached hydrogens (tertiary/aromatic N) is 1.